The number of nitrogens with one attached hydrogen (secondary N) is 1. The fraction of sp³-hybridized carbons (Fsp3) is 0.0690. The van der Waals surface area contributed by atoms with Crippen LogP contribution in [0.5, 0.6) is 0 Å². The van der Waals surface area contributed by atoms with Crippen LogP contribution >= 0.6 is 0 Å². The number of fused-ring (bicyclic) bond motifs is 11. The minimum Gasteiger partial charge on any atom is -0.331 e. The summed E-state index contributed by atoms with van der Waals surface area (Å²) in [5, 5.41) is 13.8. The first kappa shape index (κ1) is 36.8. The lowest BCUT2D eigenvalue weighted by Gasteiger charge is -2.21. The normalized spacial score (nSPS) is 12.8. The van der Waals surface area contributed by atoms with Gasteiger partial charge in [-0.15, -0.1) is 0 Å². The number of aryl methyl sites for hydroxylation is 2. The molecule has 0 radical (unpaired) electrons. The van der Waals surface area contributed by atoms with E-state index in [4.69, 9.17) is 9.98 Å². The number of aromatic nitrogens is 2. The van der Waals surface area contributed by atoms with Crippen LogP contribution in [0.15, 0.2) is 198 Å². The van der Waals surface area contributed by atoms with Gasteiger partial charge in [-0.25, -0.2) is 0 Å². The van der Waals surface area contributed by atoms with E-state index in [1.54, 1.807) is 0 Å². The largest absolute Gasteiger partial charge is 0.331 e. The van der Waals surface area contributed by atoms with Crippen molar-refractivity contribution in [1.29, 1.82) is 0 Å². The molecule has 0 bridgehead atoms. The second-order valence-electron chi connectivity index (χ2n) is 16.7. The summed E-state index contributed by atoms with van der Waals surface area (Å²) in [4.78, 5) is 9.78. The molecule has 0 amide bonds. The molecule has 1 atom stereocenters. The van der Waals surface area contributed by atoms with Crippen LogP contribution in [-0.2, 0) is 6.54 Å². The summed E-state index contributed by atoms with van der Waals surface area (Å²) in [6, 6.07) is 67.8. The number of para-hydroxylation sites is 3. The SMILES string of the molecule is C=NC(NC(=NCc1ccccc1)c1ccccc1)n1c2ccccc2c2cc(-c3ccc(C)c(-c4c(C)ccc5c4ccc4c5c5cccc6c7ccccc7n4c65)c3)ccc21. The maximum Gasteiger partial charge on any atom is 0.201 e. The molecule has 0 fully saturated rings. The molecule has 63 heavy (non-hydrogen) atoms. The quantitative estimate of drug-likeness (QED) is 0.121. The molecule has 0 aliphatic carbocycles. The van der Waals surface area contributed by atoms with Gasteiger partial charge in [0, 0.05) is 37.9 Å². The number of rotatable bonds is 8. The van der Waals surface area contributed by atoms with E-state index in [0.29, 0.717) is 6.54 Å². The van der Waals surface area contributed by atoms with E-state index >= 15 is 0 Å². The number of amidine groups is 1. The molecule has 1 N–H and O–H groups in total. The Balaban J connectivity index is 0.974. The van der Waals surface area contributed by atoms with Gasteiger partial charge in [-0.2, -0.15) is 0 Å². The number of benzene rings is 9. The number of hydrogen-bond acceptors (Lipinski definition) is 2. The van der Waals surface area contributed by atoms with Crippen molar-refractivity contribution in [2.24, 2.45) is 9.98 Å². The van der Waals surface area contributed by atoms with Gasteiger partial charge in [0.15, 0.2) is 0 Å². The van der Waals surface area contributed by atoms with Crippen LogP contribution < -0.4 is 5.32 Å². The molecule has 5 nitrogen and oxygen atoms in total. The average Bonchev–Trinajstić information content (AvgIpc) is 3.98. The summed E-state index contributed by atoms with van der Waals surface area (Å²) < 4.78 is 4.72. The van der Waals surface area contributed by atoms with Gasteiger partial charge in [0.05, 0.1) is 34.1 Å². The first-order chi connectivity index (χ1) is 31.1. The smallest absolute Gasteiger partial charge is 0.201 e. The Morgan fingerprint density at radius 3 is 1.95 bits per heavy atom. The lowest BCUT2D eigenvalue weighted by Crippen LogP contribution is -2.32. The van der Waals surface area contributed by atoms with Gasteiger partial charge in [0.2, 0.25) is 6.29 Å². The lowest BCUT2D eigenvalue weighted by atomic mass is 9.88. The van der Waals surface area contributed by atoms with E-state index in [1.807, 2.05) is 36.4 Å². The Labute approximate surface area is 365 Å². The number of nitrogens with zero attached hydrogens (tertiary/aromatic N) is 4. The van der Waals surface area contributed by atoms with Gasteiger partial charge in [-0.05, 0) is 107 Å². The van der Waals surface area contributed by atoms with Crippen molar-refractivity contribution in [3.05, 3.63) is 210 Å². The fourth-order valence-corrected chi connectivity index (χ4v) is 10.2. The van der Waals surface area contributed by atoms with E-state index in [2.05, 4.69) is 187 Å². The molecule has 0 aliphatic heterocycles. The Morgan fingerprint density at radius 1 is 0.524 bits per heavy atom. The van der Waals surface area contributed by atoms with E-state index < -0.39 is 6.29 Å². The van der Waals surface area contributed by atoms with Crippen molar-refractivity contribution in [3.63, 3.8) is 0 Å². The molecule has 3 aromatic heterocycles. The summed E-state index contributed by atoms with van der Waals surface area (Å²) in [6.45, 7) is 9.13. The Morgan fingerprint density at radius 2 is 1.14 bits per heavy atom. The Kier molecular flexibility index (Phi) is 8.51. The standard InChI is InChI=1S/C58H43N5/c1-36-25-27-40(33-48(36)54-37(2)26-29-45-44(54)30-32-53-55(45)47-22-14-21-46-42-19-10-12-23-50(42)62(53)56(46)47)41-28-31-52-49(34-41)43-20-11-13-24-51(43)63(52)58(59-3)61-57(39-17-8-5-9-18-39)60-35-38-15-6-4-7-16-38/h4-34,58H,3,35H2,1-2H3,(H,60,61). The second-order valence-corrected chi connectivity index (χ2v) is 16.7. The molecule has 300 valence electrons. The topological polar surface area (TPSA) is 46.1 Å². The molecule has 5 heteroatoms. The molecule has 12 rings (SSSR count). The van der Waals surface area contributed by atoms with Crippen LogP contribution in [-0.4, -0.2) is 21.5 Å². The Bertz CT molecular complexity index is 3780. The summed E-state index contributed by atoms with van der Waals surface area (Å²) >= 11 is 0. The van der Waals surface area contributed by atoms with Gasteiger partial charge in [-0.1, -0.05) is 152 Å². The van der Waals surface area contributed by atoms with Crippen molar-refractivity contribution in [3.8, 4) is 22.3 Å². The maximum atomic E-state index is 5.09. The number of hydrogen-bond donors (Lipinski definition) is 1. The minimum absolute atomic E-state index is 0.510. The summed E-state index contributed by atoms with van der Waals surface area (Å²) in [6.07, 6.45) is -0.510. The van der Waals surface area contributed by atoms with E-state index in [9.17, 15) is 0 Å². The molecular weight excluding hydrogens is 767 g/mol. The molecule has 0 saturated carbocycles. The van der Waals surface area contributed by atoms with Crippen molar-refractivity contribution in [2.45, 2.75) is 26.7 Å². The van der Waals surface area contributed by atoms with Crippen molar-refractivity contribution in [2.75, 3.05) is 0 Å². The zero-order valence-electron chi connectivity index (χ0n) is 35.2. The highest BCUT2D eigenvalue weighted by molar-refractivity contribution is 6.29. The third kappa shape index (κ3) is 5.77. The zero-order chi connectivity index (χ0) is 42.2. The van der Waals surface area contributed by atoms with Crippen LogP contribution in [0.25, 0.3) is 92.9 Å². The predicted octanol–water partition coefficient (Wildman–Crippen LogP) is 14.4. The van der Waals surface area contributed by atoms with Crippen LogP contribution in [0, 0.1) is 13.8 Å². The van der Waals surface area contributed by atoms with E-state index in [1.165, 1.54) is 76.7 Å². The van der Waals surface area contributed by atoms with Crippen LogP contribution in [0.2, 0.25) is 0 Å². The highest BCUT2D eigenvalue weighted by atomic mass is 15.3. The van der Waals surface area contributed by atoms with Crippen molar-refractivity contribution < 1.29 is 0 Å². The van der Waals surface area contributed by atoms with Crippen molar-refractivity contribution >= 4 is 83.2 Å². The van der Waals surface area contributed by atoms with Gasteiger partial charge < -0.3 is 14.3 Å². The van der Waals surface area contributed by atoms with Crippen molar-refractivity contribution in [1.82, 2.24) is 14.3 Å². The fourth-order valence-electron chi connectivity index (χ4n) is 10.2. The summed E-state index contributed by atoms with van der Waals surface area (Å²) in [5.74, 6) is 0.764. The van der Waals surface area contributed by atoms with Gasteiger partial charge in [0.1, 0.15) is 5.84 Å². The Hall–Kier alpha value is -8.02. The van der Waals surface area contributed by atoms with E-state index in [-0.39, 0.29) is 0 Å². The lowest BCUT2D eigenvalue weighted by molar-refractivity contribution is 0.524. The highest BCUT2D eigenvalue weighted by Crippen LogP contribution is 2.45. The van der Waals surface area contributed by atoms with Gasteiger partial charge in [-0.3, -0.25) is 9.98 Å². The van der Waals surface area contributed by atoms with Crippen LogP contribution in [0.4, 0.5) is 0 Å². The average molecular weight is 810 g/mol. The molecule has 0 aliphatic rings. The maximum absolute atomic E-state index is 5.09. The van der Waals surface area contributed by atoms with Crippen LogP contribution in [0.1, 0.15) is 28.5 Å². The molecule has 0 spiro atoms. The predicted molar refractivity (Wildman–Crippen MR) is 267 cm³/mol. The summed E-state index contributed by atoms with van der Waals surface area (Å²) in [7, 11) is 0. The first-order valence-corrected chi connectivity index (χ1v) is 21.7. The first-order valence-electron chi connectivity index (χ1n) is 21.7. The number of aliphatic imine (C=N–C) groups is 2. The van der Waals surface area contributed by atoms with E-state index in [0.717, 1.165) is 44.3 Å². The second kappa shape index (κ2) is 14.6. The molecule has 3 heterocycles. The third-order valence-corrected chi connectivity index (χ3v) is 13.1. The highest BCUT2D eigenvalue weighted by Gasteiger charge is 2.22. The van der Waals surface area contributed by atoms with Gasteiger partial charge in [0.25, 0.3) is 0 Å². The molecule has 0 saturated heterocycles. The molecule has 1 unspecified atom stereocenters. The molecule has 9 aromatic carbocycles. The zero-order valence-corrected chi connectivity index (χ0v) is 35.2. The molecule has 12 aromatic rings. The monoisotopic (exact) mass is 809 g/mol. The minimum atomic E-state index is -0.510. The molecular formula is C58H43N5. The third-order valence-electron chi connectivity index (χ3n) is 13.1. The van der Waals surface area contributed by atoms with Crippen LogP contribution in [0.3, 0.4) is 0 Å². The summed E-state index contributed by atoms with van der Waals surface area (Å²) in [5.41, 5.74) is 15.5. The van der Waals surface area contributed by atoms with Gasteiger partial charge >= 0.3 is 0 Å².